The number of aliphatic hydroxyl groups excluding tert-OH is 4. The maximum absolute atomic E-state index is 12.6. The van der Waals surface area contributed by atoms with Gasteiger partial charge < -0.3 is 49.3 Å². The summed E-state index contributed by atoms with van der Waals surface area (Å²) in [7, 11) is 1.37. The quantitative estimate of drug-likeness (QED) is 0.302. The van der Waals surface area contributed by atoms with E-state index in [0.717, 1.165) is 6.07 Å². The number of methoxy groups -OCH3 is 1. The van der Waals surface area contributed by atoms with Crippen molar-refractivity contribution in [3.05, 3.63) is 46.6 Å². The third-order valence-electron chi connectivity index (χ3n) is 5.35. The Labute approximate surface area is 186 Å². The number of rotatable bonds is 5. The molecule has 1 fully saturated rings. The van der Waals surface area contributed by atoms with Gasteiger partial charge in [-0.05, 0) is 18.2 Å². The Balaban J connectivity index is 1.72. The molecule has 0 aliphatic carbocycles. The second-order valence-corrected chi connectivity index (χ2v) is 7.49. The summed E-state index contributed by atoms with van der Waals surface area (Å²) in [5.74, 6) is -0.353. The Morgan fingerprint density at radius 3 is 2.42 bits per heavy atom. The smallest absolute Gasteiger partial charge is 0.229 e. The highest BCUT2D eigenvalue weighted by Gasteiger charge is 2.44. The van der Waals surface area contributed by atoms with Gasteiger partial charge >= 0.3 is 0 Å². The van der Waals surface area contributed by atoms with E-state index in [-0.39, 0.29) is 34.0 Å². The summed E-state index contributed by atoms with van der Waals surface area (Å²) in [5, 5.41) is 59.3. The molecule has 3 aromatic rings. The van der Waals surface area contributed by atoms with Crippen LogP contribution in [0.3, 0.4) is 0 Å². The third-order valence-corrected chi connectivity index (χ3v) is 5.35. The number of fused-ring (bicyclic) bond motifs is 1. The van der Waals surface area contributed by atoms with Crippen molar-refractivity contribution in [3.63, 3.8) is 0 Å². The number of ether oxygens (including phenoxy) is 3. The fourth-order valence-corrected chi connectivity index (χ4v) is 3.58. The molecule has 6 N–H and O–H groups in total. The Bertz CT molecular complexity index is 1220. The zero-order valence-corrected chi connectivity index (χ0v) is 17.3. The van der Waals surface area contributed by atoms with E-state index in [1.54, 1.807) is 0 Å². The highest BCUT2D eigenvalue weighted by Crippen LogP contribution is 2.35. The number of aromatic hydroxyl groups is 2. The van der Waals surface area contributed by atoms with Gasteiger partial charge in [-0.3, -0.25) is 4.79 Å². The molecule has 0 unspecified atom stereocenters. The fraction of sp³-hybridized carbons (Fsp3) is 0.318. The van der Waals surface area contributed by atoms with Crippen LogP contribution < -0.4 is 14.9 Å². The van der Waals surface area contributed by atoms with Crippen LogP contribution in [0, 0.1) is 0 Å². The Hall–Kier alpha value is -3.35. The van der Waals surface area contributed by atoms with Gasteiger partial charge in [-0.2, -0.15) is 0 Å². The standard InChI is InChI=1S/C22H22O11/c1-30-15-4-9(2-3-11(15)24)14-7-13(26)18-12(25)5-10(6-16(18)32-14)31-22-21(29)20(28)19(27)17(8-23)33-22/h2-7,17,19-25,27-29H,8H2,1H3/t17-,19-,20+,21-,22-/m0/s1. The molecule has 0 radical (unpaired) electrons. The molecule has 1 aliphatic rings. The van der Waals surface area contributed by atoms with Gasteiger partial charge in [-0.1, -0.05) is 0 Å². The van der Waals surface area contributed by atoms with Gasteiger partial charge in [0.1, 0.15) is 52.6 Å². The Morgan fingerprint density at radius 1 is 0.970 bits per heavy atom. The average molecular weight is 462 g/mol. The van der Waals surface area contributed by atoms with Crippen molar-refractivity contribution >= 4 is 11.0 Å². The van der Waals surface area contributed by atoms with E-state index in [1.807, 2.05) is 0 Å². The molecule has 2 aromatic carbocycles. The van der Waals surface area contributed by atoms with Crippen molar-refractivity contribution in [3.8, 4) is 34.3 Å². The van der Waals surface area contributed by atoms with Gasteiger partial charge in [0.25, 0.3) is 0 Å². The van der Waals surface area contributed by atoms with Gasteiger partial charge in [0, 0.05) is 23.8 Å². The Kier molecular flexibility index (Phi) is 6.15. The predicted octanol–water partition coefficient (Wildman–Crippen LogP) is 0.0585. The zero-order valence-electron chi connectivity index (χ0n) is 17.3. The van der Waals surface area contributed by atoms with Crippen molar-refractivity contribution in [1.29, 1.82) is 0 Å². The summed E-state index contributed by atoms with van der Waals surface area (Å²) in [6.45, 7) is -0.637. The molecule has 176 valence electrons. The molecule has 33 heavy (non-hydrogen) atoms. The van der Waals surface area contributed by atoms with Crippen LogP contribution in [0.25, 0.3) is 22.3 Å². The lowest BCUT2D eigenvalue weighted by Crippen LogP contribution is -2.60. The summed E-state index contributed by atoms with van der Waals surface area (Å²) >= 11 is 0. The molecule has 0 saturated carbocycles. The van der Waals surface area contributed by atoms with Gasteiger partial charge in [0.05, 0.1) is 13.7 Å². The second-order valence-electron chi connectivity index (χ2n) is 7.49. The molecule has 1 saturated heterocycles. The van der Waals surface area contributed by atoms with E-state index in [9.17, 15) is 35.4 Å². The molecule has 1 aliphatic heterocycles. The molecule has 0 amide bonds. The van der Waals surface area contributed by atoms with E-state index in [1.165, 1.54) is 37.4 Å². The van der Waals surface area contributed by atoms with Crippen molar-refractivity contribution in [2.45, 2.75) is 30.7 Å². The molecule has 5 atom stereocenters. The van der Waals surface area contributed by atoms with E-state index in [2.05, 4.69) is 0 Å². The number of benzene rings is 2. The van der Waals surface area contributed by atoms with Crippen LogP contribution in [0.4, 0.5) is 0 Å². The van der Waals surface area contributed by atoms with Crippen LogP contribution in [0.15, 0.2) is 45.6 Å². The van der Waals surface area contributed by atoms with Gasteiger partial charge in [0.2, 0.25) is 6.29 Å². The number of hydrogen-bond acceptors (Lipinski definition) is 11. The monoisotopic (exact) mass is 462 g/mol. The van der Waals surface area contributed by atoms with Crippen LogP contribution in [0.1, 0.15) is 0 Å². The second kappa shape index (κ2) is 8.89. The normalized spacial score (nSPS) is 25.2. The highest BCUT2D eigenvalue weighted by atomic mass is 16.7. The lowest BCUT2D eigenvalue weighted by atomic mass is 9.99. The first kappa shape index (κ1) is 22.8. The van der Waals surface area contributed by atoms with Crippen molar-refractivity contribution in [1.82, 2.24) is 0 Å². The van der Waals surface area contributed by atoms with E-state index < -0.39 is 48.5 Å². The Morgan fingerprint density at radius 2 is 1.73 bits per heavy atom. The minimum Gasteiger partial charge on any atom is -0.507 e. The van der Waals surface area contributed by atoms with Crippen LogP contribution in [0.2, 0.25) is 0 Å². The van der Waals surface area contributed by atoms with Gasteiger partial charge in [0.15, 0.2) is 16.9 Å². The maximum Gasteiger partial charge on any atom is 0.229 e. The van der Waals surface area contributed by atoms with Crippen molar-refractivity contribution < 1.29 is 49.3 Å². The largest absolute Gasteiger partial charge is 0.507 e. The number of phenols is 2. The molecule has 11 heteroatoms. The van der Waals surface area contributed by atoms with Crippen LogP contribution >= 0.6 is 0 Å². The number of phenolic OH excluding ortho intramolecular Hbond substituents is 2. The number of hydrogen-bond donors (Lipinski definition) is 6. The maximum atomic E-state index is 12.6. The molecule has 4 rings (SSSR count). The highest BCUT2D eigenvalue weighted by molar-refractivity contribution is 5.86. The minimum atomic E-state index is -1.66. The summed E-state index contributed by atoms with van der Waals surface area (Å²) in [6, 6.07) is 7.90. The lowest BCUT2D eigenvalue weighted by molar-refractivity contribution is -0.277. The molecular formula is C22H22O11. The topological polar surface area (TPSA) is 179 Å². The van der Waals surface area contributed by atoms with Crippen LogP contribution in [0.5, 0.6) is 23.0 Å². The van der Waals surface area contributed by atoms with Crippen molar-refractivity contribution in [2.75, 3.05) is 13.7 Å². The van der Waals surface area contributed by atoms with Crippen molar-refractivity contribution in [2.24, 2.45) is 0 Å². The van der Waals surface area contributed by atoms with E-state index in [4.69, 9.17) is 18.6 Å². The first-order valence-corrected chi connectivity index (χ1v) is 9.89. The molecule has 2 heterocycles. The summed E-state index contributed by atoms with van der Waals surface area (Å²) in [5.41, 5.74) is -0.178. The zero-order chi connectivity index (χ0) is 23.9. The first-order valence-electron chi connectivity index (χ1n) is 9.89. The molecule has 0 bridgehead atoms. The molecule has 11 nitrogen and oxygen atoms in total. The molecule has 0 spiro atoms. The summed E-state index contributed by atoms with van der Waals surface area (Å²) in [6.07, 6.45) is -7.55. The molecule has 1 aromatic heterocycles. The van der Waals surface area contributed by atoms with E-state index in [0.29, 0.717) is 5.56 Å². The third kappa shape index (κ3) is 4.19. The van der Waals surface area contributed by atoms with Gasteiger partial charge in [-0.15, -0.1) is 0 Å². The van der Waals surface area contributed by atoms with Gasteiger partial charge in [-0.25, -0.2) is 0 Å². The SMILES string of the molecule is COc1cc(-c2cc(=O)c3c(O)cc(O[C@H]4O[C@@H](CO)[C@H](O)[C@@H](O)[C@@H]4O)cc3o2)ccc1O. The summed E-state index contributed by atoms with van der Waals surface area (Å²) < 4.78 is 21.7. The fourth-order valence-electron chi connectivity index (χ4n) is 3.58. The molecular weight excluding hydrogens is 440 g/mol. The van der Waals surface area contributed by atoms with E-state index >= 15 is 0 Å². The predicted molar refractivity (Wildman–Crippen MR) is 112 cm³/mol. The van der Waals surface area contributed by atoms with Crippen LogP contribution in [-0.2, 0) is 4.74 Å². The summed E-state index contributed by atoms with van der Waals surface area (Å²) in [4.78, 5) is 12.6. The first-order chi connectivity index (χ1) is 15.7. The number of aliphatic hydroxyl groups is 4. The minimum absolute atomic E-state index is 0.0517. The lowest BCUT2D eigenvalue weighted by Gasteiger charge is -2.39. The average Bonchev–Trinajstić information content (AvgIpc) is 2.79. The van der Waals surface area contributed by atoms with Crippen LogP contribution in [-0.4, -0.2) is 75.1 Å².